The number of hydrogen-bond acceptors (Lipinski definition) is 3. The van der Waals surface area contributed by atoms with Crippen molar-refractivity contribution in [2.75, 3.05) is 0 Å². The second-order valence-electron chi connectivity index (χ2n) is 4.42. The van der Waals surface area contributed by atoms with Crippen molar-refractivity contribution in [3.05, 3.63) is 63.0 Å². The van der Waals surface area contributed by atoms with Crippen molar-refractivity contribution in [2.45, 2.75) is 13.8 Å². The predicted octanol–water partition coefficient (Wildman–Crippen LogP) is 4.42. The Morgan fingerprint density at radius 1 is 1.10 bits per heavy atom. The van der Waals surface area contributed by atoms with E-state index in [1.807, 2.05) is 0 Å². The summed E-state index contributed by atoms with van der Waals surface area (Å²) in [4.78, 5) is 9.79. The van der Waals surface area contributed by atoms with Gasteiger partial charge in [-0.3, -0.25) is 10.1 Å². The summed E-state index contributed by atoms with van der Waals surface area (Å²) in [5.41, 5.74) is -0.769. The molecule has 0 aromatic heterocycles. The average Bonchev–Trinajstić information content (AvgIpc) is 2.42. The van der Waals surface area contributed by atoms with Gasteiger partial charge in [0.2, 0.25) is 0 Å². The Morgan fingerprint density at radius 3 is 2.33 bits per heavy atom. The highest BCUT2D eigenvalue weighted by Crippen LogP contribution is 2.34. The number of benzene rings is 2. The fourth-order valence-corrected chi connectivity index (χ4v) is 1.76. The van der Waals surface area contributed by atoms with E-state index in [2.05, 4.69) is 0 Å². The lowest BCUT2D eigenvalue weighted by Crippen LogP contribution is -2.00. The molecule has 0 spiro atoms. The van der Waals surface area contributed by atoms with Gasteiger partial charge < -0.3 is 4.74 Å². The molecule has 0 N–H and O–H groups in total. The van der Waals surface area contributed by atoms with Crippen molar-refractivity contribution in [3.63, 3.8) is 0 Å². The van der Waals surface area contributed by atoms with Crippen molar-refractivity contribution in [3.8, 4) is 11.5 Å². The minimum Gasteiger partial charge on any atom is -0.451 e. The Labute approximate surface area is 117 Å². The van der Waals surface area contributed by atoms with Crippen molar-refractivity contribution in [2.24, 2.45) is 0 Å². The predicted molar refractivity (Wildman–Crippen MR) is 69.0 cm³/mol. The molecule has 110 valence electrons. The Hall–Kier alpha value is -2.57. The third-order valence-electron chi connectivity index (χ3n) is 2.94. The number of halogens is 3. The second-order valence-corrected chi connectivity index (χ2v) is 4.42. The van der Waals surface area contributed by atoms with Crippen molar-refractivity contribution >= 4 is 5.69 Å². The van der Waals surface area contributed by atoms with Gasteiger partial charge in [-0.25, -0.2) is 13.2 Å². The normalized spacial score (nSPS) is 10.5. The summed E-state index contributed by atoms with van der Waals surface area (Å²) in [6, 6.07) is 4.16. The average molecular weight is 297 g/mol. The molecule has 0 unspecified atom stereocenters. The lowest BCUT2D eigenvalue weighted by atomic mass is 10.1. The van der Waals surface area contributed by atoms with Crippen LogP contribution in [0.4, 0.5) is 18.9 Å². The molecule has 0 atom stereocenters. The van der Waals surface area contributed by atoms with E-state index in [1.54, 1.807) is 0 Å². The molecule has 21 heavy (non-hydrogen) atoms. The van der Waals surface area contributed by atoms with Gasteiger partial charge in [-0.2, -0.15) is 0 Å². The Morgan fingerprint density at radius 2 is 1.76 bits per heavy atom. The summed E-state index contributed by atoms with van der Waals surface area (Å²) < 4.78 is 46.0. The van der Waals surface area contributed by atoms with Crippen LogP contribution in [0, 0.1) is 41.4 Å². The highest BCUT2D eigenvalue weighted by Gasteiger charge is 2.24. The van der Waals surface area contributed by atoms with Crippen LogP contribution in [0.15, 0.2) is 24.3 Å². The number of nitro benzene ring substituents is 1. The molecular weight excluding hydrogens is 287 g/mol. The summed E-state index contributed by atoms with van der Waals surface area (Å²) in [6.45, 7) is 2.62. The fourth-order valence-electron chi connectivity index (χ4n) is 1.76. The summed E-state index contributed by atoms with van der Waals surface area (Å²) in [7, 11) is 0. The zero-order valence-corrected chi connectivity index (χ0v) is 11.1. The third-order valence-corrected chi connectivity index (χ3v) is 2.94. The van der Waals surface area contributed by atoms with E-state index < -0.39 is 33.8 Å². The molecule has 7 heteroatoms. The fraction of sp³-hybridized carbons (Fsp3) is 0.143. The molecule has 0 aliphatic heterocycles. The topological polar surface area (TPSA) is 52.4 Å². The zero-order chi connectivity index (χ0) is 15.7. The number of nitrogens with zero attached hydrogens (tertiary/aromatic N) is 1. The Kier molecular flexibility index (Phi) is 3.84. The number of rotatable bonds is 3. The summed E-state index contributed by atoms with van der Waals surface area (Å²) in [5.74, 6) is -3.58. The Balaban J connectivity index is 2.47. The molecule has 2 aromatic rings. The molecule has 4 nitrogen and oxygen atoms in total. The van der Waals surface area contributed by atoms with Gasteiger partial charge in [0.25, 0.3) is 5.69 Å². The molecule has 0 aliphatic carbocycles. The highest BCUT2D eigenvalue weighted by molar-refractivity contribution is 5.48. The van der Waals surface area contributed by atoms with E-state index in [0.29, 0.717) is 6.07 Å². The van der Waals surface area contributed by atoms with E-state index in [9.17, 15) is 23.3 Å². The number of aryl methyl sites for hydroxylation is 1. The first-order valence-corrected chi connectivity index (χ1v) is 5.88. The first-order valence-electron chi connectivity index (χ1n) is 5.88. The molecule has 0 saturated carbocycles. The van der Waals surface area contributed by atoms with Gasteiger partial charge in [-0.15, -0.1) is 0 Å². The van der Waals surface area contributed by atoms with E-state index in [1.165, 1.54) is 19.1 Å². The smallest absolute Gasteiger partial charge is 0.278 e. The lowest BCUT2D eigenvalue weighted by molar-refractivity contribution is -0.385. The zero-order valence-electron chi connectivity index (χ0n) is 11.1. The van der Waals surface area contributed by atoms with E-state index in [4.69, 9.17) is 4.74 Å². The van der Waals surface area contributed by atoms with Crippen LogP contribution in [0.1, 0.15) is 11.1 Å². The van der Waals surface area contributed by atoms with E-state index in [-0.39, 0.29) is 16.9 Å². The maximum absolute atomic E-state index is 14.0. The van der Waals surface area contributed by atoms with Gasteiger partial charge in [0.15, 0.2) is 17.4 Å². The minimum absolute atomic E-state index is 0.0277. The first kappa shape index (κ1) is 14.8. The third kappa shape index (κ3) is 2.81. The van der Waals surface area contributed by atoms with Gasteiger partial charge in [-0.05, 0) is 37.6 Å². The molecule has 0 aliphatic rings. The molecule has 0 fully saturated rings. The van der Waals surface area contributed by atoms with Crippen molar-refractivity contribution in [1.82, 2.24) is 0 Å². The van der Waals surface area contributed by atoms with Crippen LogP contribution in [0.25, 0.3) is 0 Å². The molecule has 0 heterocycles. The summed E-state index contributed by atoms with van der Waals surface area (Å²) in [6.07, 6.45) is 0. The van der Waals surface area contributed by atoms with Gasteiger partial charge in [-0.1, -0.05) is 0 Å². The monoisotopic (exact) mass is 297 g/mol. The number of hydrogen-bond donors (Lipinski definition) is 0. The maximum Gasteiger partial charge on any atom is 0.278 e. The molecule has 2 aromatic carbocycles. The SMILES string of the molecule is Cc1cc(Oc2c(F)cc([N+](=O)[O-])c(C)c2F)ccc1F. The molecule has 0 bridgehead atoms. The van der Waals surface area contributed by atoms with Crippen molar-refractivity contribution < 1.29 is 22.8 Å². The number of nitro groups is 1. The summed E-state index contributed by atoms with van der Waals surface area (Å²) >= 11 is 0. The quantitative estimate of drug-likeness (QED) is 0.622. The van der Waals surface area contributed by atoms with Gasteiger partial charge in [0.1, 0.15) is 11.6 Å². The van der Waals surface area contributed by atoms with Gasteiger partial charge in [0, 0.05) is 0 Å². The molecular formula is C14H10F3NO3. The van der Waals surface area contributed by atoms with Crippen LogP contribution in [0.3, 0.4) is 0 Å². The lowest BCUT2D eigenvalue weighted by Gasteiger charge is -2.10. The highest BCUT2D eigenvalue weighted by atomic mass is 19.1. The van der Waals surface area contributed by atoms with Crippen LogP contribution >= 0.6 is 0 Å². The van der Waals surface area contributed by atoms with Crippen LogP contribution < -0.4 is 4.74 Å². The maximum atomic E-state index is 14.0. The van der Waals surface area contributed by atoms with Crippen LogP contribution in [-0.4, -0.2) is 4.92 Å². The molecule has 0 radical (unpaired) electrons. The molecule has 2 rings (SSSR count). The van der Waals surface area contributed by atoms with E-state index in [0.717, 1.165) is 13.0 Å². The minimum atomic E-state index is -1.20. The summed E-state index contributed by atoms with van der Waals surface area (Å²) in [5, 5.41) is 10.7. The van der Waals surface area contributed by atoms with Crippen LogP contribution in [0.5, 0.6) is 11.5 Å². The second kappa shape index (κ2) is 5.43. The van der Waals surface area contributed by atoms with E-state index >= 15 is 0 Å². The van der Waals surface area contributed by atoms with Crippen LogP contribution in [0.2, 0.25) is 0 Å². The van der Waals surface area contributed by atoms with Gasteiger partial charge >= 0.3 is 0 Å². The van der Waals surface area contributed by atoms with Crippen LogP contribution in [-0.2, 0) is 0 Å². The first-order chi connectivity index (χ1) is 9.81. The van der Waals surface area contributed by atoms with Crippen molar-refractivity contribution in [1.29, 1.82) is 0 Å². The standard InChI is InChI=1S/C14H10F3NO3/c1-7-5-9(3-4-10(7)15)21-14-11(16)6-12(18(19)20)8(2)13(14)17/h3-6H,1-2H3. The molecule has 0 saturated heterocycles. The van der Waals surface area contributed by atoms with Gasteiger partial charge in [0.05, 0.1) is 16.6 Å². The molecule has 0 amide bonds. The number of ether oxygens (including phenoxy) is 1. The largest absolute Gasteiger partial charge is 0.451 e. The Bertz CT molecular complexity index is 732.